The summed E-state index contributed by atoms with van der Waals surface area (Å²) in [5, 5.41) is 29.6. The molecule has 2 amide bonds. The minimum Gasteiger partial charge on any atom is -0.543 e. The van der Waals surface area contributed by atoms with Crippen molar-refractivity contribution in [3.8, 4) is 0 Å². The van der Waals surface area contributed by atoms with Gasteiger partial charge in [-0.2, -0.15) is 4.57 Å². The Balaban J connectivity index is 1.39. The van der Waals surface area contributed by atoms with Gasteiger partial charge in [0, 0.05) is 22.3 Å². The third kappa shape index (κ3) is 5.30. The van der Waals surface area contributed by atoms with Gasteiger partial charge in [-0.3, -0.25) is 14.5 Å². The van der Waals surface area contributed by atoms with Crippen LogP contribution in [-0.4, -0.2) is 67.2 Å². The number of nitrogens with one attached hydrogen (secondary N) is 1. The van der Waals surface area contributed by atoms with Crippen LogP contribution < -0.4 is 20.7 Å². The number of thiazole rings is 1. The van der Waals surface area contributed by atoms with Gasteiger partial charge in [0.2, 0.25) is 5.60 Å². The number of fused-ring (bicyclic) bond motifs is 2. The fourth-order valence-electron chi connectivity index (χ4n) is 4.47. The highest BCUT2D eigenvalue weighted by molar-refractivity contribution is 8.00. The lowest BCUT2D eigenvalue weighted by atomic mass is 10.0. The van der Waals surface area contributed by atoms with Gasteiger partial charge in [-0.1, -0.05) is 12.1 Å². The monoisotopic (exact) mass is 614 g/mol. The summed E-state index contributed by atoms with van der Waals surface area (Å²) in [6, 6.07) is 2.72. The zero-order valence-corrected chi connectivity index (χ0v) is 24.3. The zero-order chi connectivity index (χ0) is 30.3. The second-order valence-corrected chi connectivity index (χ2v) is 12.0. The second kappa shape index (κ2) is 11.1. The van der Waals surface area contributed by atoms with Crippen molar-refractivity contribution in [2.75, 3.05) is 11.5 Å². The first-order valence-electron chi connectivity index (χ1n) is 12.7. The number of aliphatic carboxylic acids is 2. The van der Waals surface area contributed by atoms with Crippen LogP contribution in [0.3, 0.4) is 0 Å². The molecule has 220 valence electrons. The first-order chi connectivity index (χ1) is 19.9. The number of amides is 2. The van der Waals surface area contributed by atoms with Crippen LogP contribution in [-0.2, 0) is 37.0 Å². The number of carbonyl (C=O) groups excluding carboxylic acids is 3. The Kier molecular flexibility index (Phi) is 7.68. The minimum absolute atomic E-state index is 0.0179. The van der Waals surface area contributed by atoms with Crippen LogP contribution in [0.25, 0.3) is 11.1 Å². The molecule has 1 fully saturated rings. The summed E-state index contributed by atoms with van der Waals surface area (Å²) in [4.78, 5) is 60.5. The van der Waals surface area contributed by atoms with Gasteiger partial charge in [0.15, 0.2) is 23.6 Å². The fraction of sp³-hybridized carbons (Fsp3) is 0.346. The molecular weight excluding hydrogens is 588 g/mol. The molecule has 42 heavy (non-hydrogen) atoms. The van der Waals surface area contributed by atoms with E-state index in [-0.39, 0.29) is 28.8 Å². The van der Waals surface area contributed by atoms with Crippen molar-refractivity contribution in [1.29, 1.82) is 0 Å². The van der Waals surface area contributed by atoms with Crippen molar-refractivity contribution in [3.63, 3.8) is 0 Å². The van der Waals surface area contributed by atoms with E-state index in [9.17, 15) is 29.4 Å². The SMILES string of the molecule is CCc1cc2ccoc2[n+](CC2=C(C(=O)[O-])N3C(=O)C(NC(=O)/C(=N\OC(C)(C)C(=O)O)c4csc(N)n4)[C@H]3SC2)c1. The molecule has 0 radical (unpaired) electrons. The van der Waals surface area contributed by atoms with E-state index >= 15 is 0 Å². The predicted molar refractivity (Wildman–Crippen MR) is 149 cm³/mol. The lowest BCUT2D eigenvalue weighted by Crippen LogP contribution is -2.71. The molecule has 2 aliphatic heterocycles. The maximum absolute atomic E-state index is 13.3. The van der Waals surface area contributed by atoms with Gasteiger partial charge in [-0.25, -0.2) is 9.78 Å². The number of pyridine rings is 1. The molecule has 0 bridgehead atoms. The third-order valence-electron chi connectivity index (χ3n) is 6.75. The Morgan fingerprint density at radius 3 is 2.81 bits per heavy atom. The van der Waals surface area contributed by atoms with E-state index in [1.54, 1.807) is 10.8 Å². The molecule has 3 aromatic rings. The number of rotatable bonds is 10. The summed E-state index contributed by atoms with van der Waals surface area (Å²) in [6.45, 7) is 4.65. The second-order valence-electron chi connectivity index (χ2n) is 10.0. The van der Waals surface area contributed by atoms with Crippen molar-refractivity contribution >= 4 is 68.8 Å². The Morgan fingerprint density at radius 2 is 2.17 bits per heavy atom. The van der Waals surface area contributed by atoms with Gasteiger partial charge in [-0.05, 0) is 32.4 Å². The lowest BCUT2D eigenvalue weighted by Gasteiger charge is -2.50. The van der Waals surface area contributed by atoms with Gasteiger partial charge >= 0.3 is 11.7 Å². The standard InChI is InChI=1S/C26H26N6O8S2/c1-4-12-7-13-5-6-39-21(13)31(8-12)9-14-10-41-22-17(20(34)32(22)18(14)23(35)36)29-19(33)16(15-11-42-25(27)28-15)30-40-26(2,3)24(37)38/h5-8,11,17,22H,4,9-10H2,1-3H3,(H4-,27,28,29,33,35,36,37,38)/b30-16-/t17?,22-/m1/s1. The number of nitrogen functional groups attached to an aromatic ring is 1. The van der Waals surface area contributed by atoms with Crippen molar-refractivity contribution < 1.29 is 43.2 Å². The number of nitrogens with zero attached hydrogens (tertiary/aromatic N) is 4. The molecule has 1 unspecified atom stereocenters. The smallest absolute Gasteiger partial charge is 0.380 e. The summed E-state index contributed by atoms with van der Waals surface area (Å²) < 4.78 is 7.42. The largest absolute Gasteiger partial charge is 0.543 e. The Hall–Kier alpha value is -4.44. The summed E-state index contributed by atoms with van der Waals surface area (Å²) in [5.74, 6) is -4.12. The van der Waals surface area contributed by atoms with Crippen LogP contribution in [0.2, 0.25) is 0 Å². The molecule has 3 aromatic heterocycles. The van der Waals surface area contributed by atoms with Gasteiger partial charge in [0.25, 0.3) is 11.8 Å². The molecular formula is C26H26N6O8S2. The molecule has 5 rings (SSSR count). The van der Waals surface area contributed by atoms with E-state index in [2.05, 4.69) is 15.5 Å². The number of β-lactam (4-membered cyclic amide) rings is 1. The number of anilines is 1. The maximum atomic E-state index is 13.3. The van der Waals surface area contributed by atoms with Crippen LogP contribution >= 0.6 is 23.1 Å². The van der Waals surface area contributed by atoms with Gasteiger partial charge in [0.05, 0.1) is 23.3 Å². The number of oxime groups is 1. The molecule has 0 saturated carbocycles. The number of hydrogen-bond acceptors (Lipinski definition) is 12. The van der Waals surface area contributed by atoms with Crippen LogP contribution in [0, 0.1) is 0 Å². The van der Waals surface area contributed by atoms with Crippen LogP contribution in [0.5, 0.6) is 0 Å². The fourth-order valence-corrected chi connectivity index (χ4v) is 6.35. The molecule has 0 aromatic carbocycles. The van der Waals surface area contributed by atoms with E-state index in [0.717, 1.165) is 33.6 Å². The number of carboxylic acid groups (broad SMARTS) is 2. The number of carbonyl (C=O) groups is 4. The number of furan rings is 1. The topological polar surface area (TPSA) is 204 Å². The first-order valence-corrected chi connectivity index (χ1v) is 14.6. The van der Waals surface area contributed by atoms with Crippen molar-refractivity contribution in [3.05, 3.63) is 52.5 Å². The van der Waals surface area contributed by atoms with Crippen molar-refractivity contribution in [2.24, 2.45) is 5.16 Å². The molecule has 2 aliphatic rings. The molecule has 5 heterocycles. The van der Waals surface area contributed by atoms with E-state index in [4.69, 9.17) is 15.0 Å². The van der Waals surface area contributed by atoms with Crippen LogP contribution in [0.1, 0.15) is 32.0 Å². The Morgan fingerprint density at radius 1 is 1.40 bits per heavy atom. The van der Waals surface area contributed by atoms with Gasteiger partial charge < -0.3 is 35.3 Å². The molecule has 16 heteroatoms. The number of carboxylic acids is 2. The van der Waals surface area contributed by atoms with Crippen LogP contribution in [0.4, 0.5) is 5.13 Å². The summed E-state index contributed by atoms with van der Waals surface area (Å²) in [7, 11) is 0. The number of thioether (sulfide) groups is 1. The van der Waals surface area contributed by atoms with E-state index < -0.39 is 46.5 Å². The lowest BCUT2D eigenvalue weighted by molar-refractivity contribution is -0.669. The van der Waals surface area contributed by atoms with E-state index in [0.29, 0.717) is 11.3 Å². The highest BCUT2D eigenvalue weighted by atomic mass is 32.2. The quantitative estimate of drug-likeness (QED) is 0.120. The summed E-state index contributed by atoms with van der Waals surface area (Å²) in [5.41, 5.74) is 5.34. The Labute approximate surface area is 246 Å². The first kappa shape index (κ1) is 29.1. The van der Waals surface area contributed by atoms with Crippen LogP contribution in [0.15, 0.2) is 50.8 Å². The number of nitrogens with two attached hydrogens (primary N) is 1. The third-order valence-corrected chi connectivity index (χ3v) is 8.77. The number of aromatic nitrogens is 2. The highest BCUT2D eigenvalue weighted by Gasteiger charge is 2.53. The predicted octanol–water partition coefficient (Wildman–Crippen LogP) is 0.00940. The summed E-state index contributed by atoms with van der Waals surface area (Å²) >= 11 is 2.30. The minimum atomic E-state index is -1.77. The number of aryl methyl sites for hydroxylation is 1. The Bertz CT molecular complexity index is 1680. The van der Waals surface area contributed by atoms with E-state index in [1.807, 2.05) is 25.3 Å². The molecule has 0 aliphatic carbocycles. The highest BCUT2D eigenvalue weighted by Crippen LogP contribution is 2.40. The van der Waals surface area contributed by atoms with Crippen molar-refractivity contribution in [2.45, 2.75) is 50.8 Å². The average molecular weight is 615 g/mol. The average Bonchev–Trinajstić information content (AvgIpc) is 3.60. The molecule has 1 saturated heterocycles. The summed E-state index contributed by atoms with van der Waals surface area (Å²) in [6.07, 6.45) is 4.19. The zero-order valence-electron chi connectivity index (χ0n) is 22.7. The normalized spacial score (nSPS) is 19.0. The van der Waals surface area contributed by atoms with Crippen molar-refractivity contribution in [1.82, 2.24) is 15.2 Å². The number of hydrogen-bond donors (Lipinski definition) is 3. The molecule has 2 atom stereocenters. The molecule has 0 spiro atoms. The maximum Gasteiger partial charge on any atom is 0.380 e. The van der Waals surface area contributed by atoms with E-state index in [1.165, 1.54) is 31.0 Å². The molecule has 14 nitrogen and oxygen atoms in total. The van der Waals surface area contributed by atoms with Gasteiger partial charge in [0.1, 0.15) is 17.1 Å². The molecule has 4 N–H and O–H groups in total. The van der Waals surface area contributed by atoms with Gasteiger partial charge in [-0.15, -0.1) is 23.1 Å².